The molecule has 1 atom stereocenters. The highest BCUT2D eigenvalue weighted by Gasteiger charge is 2.04. The van der Waals surface area contributed by atoms with Gasteiger partial charge in [0.15, 0.2) is 0 Å². The van der Waals surface area contributed by atoms with Crippen molar-refractivity contribution in [2.75, 3.05) is 0 Å². The number of aliphatic carboxylic acids is 1. The maximum atomic E-state index is 10.2. The minimum atomic E-state index is -1.25. The smallest absolute Gasteiger partial charge is 0.0921 e. The fourth-order valence-corrected chi connectivity index (χ4v) is 0.717. The molecule has 11 heavy (non-hydrogen) atoms. The van der Waals surface area contributed by atoms with E-state index >= 15 is 0 Å². The van der Waals surface area contributed by atoms with Gasteiger partial charge in [0, 0.05) is 24.4 Å². The lowest BCUT2D eigenvalue weighted by atomic mass is 10.2. The molecule has 0 fully saturated rings. The fourth-order valence-electron chi connectivity index (χ4n) is 0.717. The third-order valence-electron chi connectivity index (χ3n) is 1.30. The number of nitrogens with one attached hydrogen (secondary N) is 1. The summed E-state index contributed by atoms with van der Waals surface area (Å²) in [4.78, 5) is 16.6. The zero-order valence-corrected chi connectivity index (χ0v) is 5.78. The average molecular weight is 154 g/mol. The molecule has 0 unspecified atom stereocenters. The first kappa shape index (κ1) is 7.74. The highest BCUT2D eigenvalue weighted by Crippen LogP contribution is 1.94. The normalized spacial score (nSPS) is 12.8. The molecule has 0 saturated heterocycles. The second kappa shape index (κ2) is 3.16. The Bertz CT molecular complexity index is 232. The van der Waals surface area contributed by atoms with Gasteiger partial charge in [-0.1, -0.05) is 0 Å². The monoisotopic (exact) mass is 154 g/mol. The first-order chi connectivity index (χ1) is 5.20. The fraction of sp³-hybridized carbons (Fsp3) is 0.333. The number of hydrogen-bond acceptors (Lipinski definition) is 4. The van der Waals surface area contributed by atoms with Crippen LogP contribution in [-0.4, -0.2) is 22.0 Å². The highest BCUT2D eigenvalue weighted by atomic mass is 16.4. The lowest BCUT2D eigenvalue weighted by Crippen LogP contribution is -2.43. The van der Waals surface area contributed by atoms with Gasteiger partial charge in [0.2, 0.25) is 0 Å². The van der Waals surface area contributed by atoms with Crippen LogP contribution in [0.1, 0.15) is 5.69 Å². The summed E-state index contributed by atoms with van der Waals surface area (Å²) >= 11 is 0. The van der Waals surface area contributed by atoms with Crippen LogP contribution < -0.4 is 10.8 Å². The van der Waals surface area contributed by atoms with Gasteiger partial charge in [-0.3, -0.25) is 0 Å². The summed E-state index contributed by atoms with van der Waals surface area (Å²) < 4.78 is 0. The van der Waals surface area contributed by atoms with Gasteiger partial charge in [0.1, 0.15) is 0 Å². The molecule has 1 heterocycles. The molecular weight excluding hydrogens is 146 g/mol. The summed E-state index contributed by atoms with van der Waals surface area (Å²) in [6.45, 7) is 0. The molecule has 0 aromatic carbocycles. The Morgan fingerprint density at radius 1 is 1.91 bits per heavy atom. The number of aromatic amines is 1. The topological polar surface area (TPSA) is 94.8 Å². The molecule has 5 heteroatoms. The maximum absolute atomic E-state index is 10.2. The highest BCUT2D eigenvalue weighted by molar-refractivity contribution is 5.71. The van der Waals surface area contributed by atoms with Gasteiger partial charge >= 0.3 is 0 Å². The van der Waals surface area contributed by atoms with E-state index in [1.165, 1.54) is 12.5 Å². The van der Waals surface area contributed by atoms with Crippen LogP contribution in [0.3, 0.4) is 0 Å². The molecule has 5 nitrogen and oxygen atoms in total. The van der Waals surface area contributed by atoms with E-state index in [0.717, 1.165) is 0 Å². The van der Waals surface area contributed by atoms with Crippen molar-refractivity contribution in [1.29, 1.82) is 0 Å². The van der Waals surface area contributed by atoms with Crippen molar-refractivity contribution in [3.05, 3.63) is 18.2 Å². The maximum Gasteiger partial charge on any atom is 0.0921 e. The van der Waals surface area contributed by atoms with Crippen molar-refractivity contribution >= 4 is 5.97 Å². The number of H-pyrrole nitrogens is 1. The SMILES string of the molecule is N[C@@H](Cc1cnc[nH]1)C(=O)[O-]. The second-order valence-corrected chi connectivity index (χ2v) is 2.21. The zero-order valence-electron chi connectivity index (χ0n) is 5.78. The van der Waals surface area contributed by atoms with Crippen LogP contribution in [0.15, 0.2) is 12.5 Å². The predicted octanol–water partition coefficient (Wildman–Crippen LogP) is -1.97. The Kier molecular flexibility index (Phi) is 2.22. The summed E-state index contributed by atoms with van der Waals surface area (Å²) in [5, 5.41) is 10.2. The van der Waals surface area contributed by atoms with E-state index in [1.54, 1.807) is 0 Å². The zero-order chi connectivity index (χ0) is 8.27. The predicted molar refractivity (Wildman–Crippen MR) is 35.3 cm³/mol. The molecule has 0 bridgehead atoms. The summed E-state index contributed by atoms with van der Waals surface area (Å²) in [5.41, 5.74) is 5.89. The molecule has 1 aromatic rings. The van der Waals surface area contributed by atoms with Gasteiger partial charge in [0.05, 0.1) is 12.3 Å². The van der Waals surface area contributed by atoms with Gasteiger partial charge in [0.25, 0.3) is 0 Å². The van der Waals surface area contributed by atoms with E-state index in [1.807, 2.05) is 0 Å². The molecule has 0 spiro atoms. The van der Waals surface area contributed by atoms with E-state index in [9.17, 15) is 9.90 Å². The van der Waals surface area contributed by atoms with Crippen LogP contribution in [0.4, 0.5) is 0 Å². The summed E-state index contributed by atoms with van der Waals surface area (Å²) in [6.07, 6.45) is 3.22. The molecule has 0 aliphatic heterocycles. The lowest BCUT2D eigenvalue weighted by Gasteiger charge is -2.09. The molecule has 0 radical (unpaired) electrons. The number of nitrogens with zero attached hydrogens (tertiary/aromatic N) is 1. The molecule has 0 aliphatic carbocycles. The van der Waals surface area contributed by atoms with Crippen LogP contribution in [-0.2, 0) is 11.2 Å². The quantitative estimate of drug-likeness (QED) is 0.528. The number of nitrogens with two attached hydrogens (primary N) is 1. The Labute approximate surface area is 63.3 Å². The number of carbonyl (C=O) groups is 1. The number of aromatic nitrogens is 2. The average Bonchev–Trinajstić information content (AvgIpc) is 2.39. The molecular formula is C6H8N3O2-. The molecule has 1 rings (SSSR count). The van der Waals surface area contributed by atoms with Crippen molar-refractivity contribution < 1.29 is 9.90 Å². The third kappa shape index (κ3) is 2.05. The van der Waals surface area contributed by atoms with Gasteiger partial charge in [-0.25, -0.2) is 4.98 Å². The molecule has 60 valence electrons. The molecule has 0 aliphatic rings. The minimum Gasteiger partial charge on any atom is -0.548 e. The van der Waals surface area contributed by atoms with Crippen molar-refractivity contribution in [1.82, 2.24) is 9.97 Å². The van der Waals surface area contributed by atoms with E-state index in [2.05, 4.69) is 9.97 Å². The first-order valence-electron chi connectivity index (χ1n) is 3.14. The van der Waals surface area contributed by atoms with Crippen molar-refractivity contribution in [3.63, 3.8) is 0 Å². The van der Waals surface area contributed by atoms with Crippen LogP contribution in [0, 0.1) is 0 Å². The van der Waals surface area contributed by atoms with Crippen LogP contribution in [0.2, 0.25) is 0 Å². The molecule has 1 aromatic heterocycles. The van der Waals surface area contributed by atoms with E-state index < -0.39 is 12.0 Å². The Hall–Kier alpha value is -1.36. The van der Waals surface area contributed by atoms with Crippen molar-refractivity contribution in [2.45, 2.75) is 12.5 Å². The van der Waals surface area contributed by atoms with E-state index in [-0.39, 0.29) is 6.42 Å². The van der Waals surface area contributed by atoms with Crippen molar-refractivity contribution in [2.24, 2.45) is 5.73 Å². The first-order valence-corrected chi connectivity index (χ1v) is 3.14. The van der Waals surface area contributed by atoms with Crippen LogP contribution >= 0.6 is 0 Å². The second-order valence-electron chi connectivity index (χ2n) is 2.21. The Morgan fingerprint density at radius 3 is 3.09 bits per heavy atom. The number of rotatable bonds is 3. The number of carboxylic acids is 1. The largest absolute Gasteiger partial charge is 0.548 e. The Morgan fingerprint density at radius 2 is 2.64 bits per heavy atom. The minimum absolute atomic E-state index is 0.225. The standard InChI is InChI=1S/C6H9N3O2/c7-5(6(10)11)1-4-2-8-3-9-4/h2-3,5H,1,7H2,(H,8,9)(H,10,11)/p-1/t5-/m0/s1. The Balaban J connectivity index is 2.50. The van der Waals surface area contributed by atoms with E-state index in [0.29, 0.717) is 5.69 Å². The lowest BCUT2D eigenvalue weighted by molar-refractivity contribution is -0.307. The molecule has 0 saturated carbocycles. The summed E-state index contributed by atoms with van der Waals surface area (Å²) in [6, 6.07) is -0.963. The van der Waals surface area contributed by atoms with Crippen LogP contribution in [0.5, 0.6) is 0 Å². The number of imidazole rings is 1. The number of carbonyl (C=O) groups excluding carboxylic acids is 1. The molecule has 0 amide bonds. The van der Waals surface area contributed by atoms with Gasteiger partial charge in [-0.05, 0) is 0 Å². The molecule has 3 N–H and O–H groups in total. The third-order valence-corrected chi connectivity index (χ3v) is 1.30. The van der Waals surface area contributed by atoms with Crippen LogP contribution in [0.25, 0.3) is 0 Å². The number of carboxylic acid groups (broad SMARTS) is 1. The number of hydrogen-bond donors (Lipinski definition) is 2. The van der Waals surface area contributed by atoms with Crippen molar-refractivity contribution in [3.8, 4) is 0 Å². The van der Waals surface area contributed by atoms with Gasteiger partial charge in [-0.15, -0.1) is 0 Å². The van der Waals surface area contributed by atoms with E-state index in [4.69, 9.17) is 5.73 Å². The van der Waals surface area contributed by atoms with Gasteiger partial charge < -0.3 is 20.6 Å². The summed E-state index contributed by atoms with van der Waals surface area (Å²) in [5.74, 6) is -1.25. The summed E-state index contributed by atoms with van der Waals surface area (Å²) in [7, 11) is 0. The van der Waals surface area contributed by atoms with Gasteiger partial charge in [-0.2, -0.15) is 0 Å².